The second kappa shape index (κ2) is 4.07. The van der Waals surface area contributed by atoms with Crippen molar-refractivity contribution >= 4 is 32.6 Å². The van der Waals surface area contributed by atoms with Gasteiger partial charge in [-0.15, -0.1) is 0 Å². The van der Waals surface area contributed by atoms with Crippen LogP contribution in [0.5, 0.6) is 0 Å². The zero-order valence-electron chi connectivity index (χ0n) is 13.4. The maximum Gasteiger partial charge on any atom is 0.0501 e. The van der Waals surface area contributed by atoms with Gasteiger partial charge in [0.05, 0.1) is 5.52 Å². The van der Waals surface area contributed by atoms with Crippen LogP contribution in [0, 0.1) is 0 Å². The van der Waals surface area contributed by atoms with E-state index in [0.29, 0.717) is 0 Å². The van der Waals surface area contributed by atoms with Crippen LogP contribution in [0.25, 0.3) is 54.8 Å². The van der Waals surface area contributed by atoms with Crippen molar-refractivity contribution in [2.24, 2.45) is 7.05 Å². The number of hydrogen-bond acceptors (Lipinski definition) is 0. The van der Waals surface area contributed by atoms with Crippen LogP contribution < -0.4 is 0 Å². The maximum atomic E-state index is 2.38. The number of aryl methyl sites for hydroxylation is 1. The molecule has 0 saturated heterocycles. The van der Waals surface area contributed by atoms with Crippen molar-refractivity contribution in [3.8, 4) is 22.3 Å². The Morgan fingerprint density at radius 1 is 0.542 bits per heavy atom. The lowest BCUT2D eigenvalue weighted by atomic mass is 9.98. The van der Waals surface area contributed by atoms with Crippen molar-refractivity contribution in [1.29, 1.82) is 0 Å². The Kier molecular flexibility index (Phi) is 2.10. The molecule has 0 aliphatic heterocycles. The van der Waals surface area contributed by atoms with E-state index < -0.39 is 0 Å². The van der Waals surface area contributed by atoms with Gasteiger partial charge in [-0.2, -0.15) is 0 Å². The first-order chi connectivity index (χ1) is 11.8. The molecule has 0 bridgehead atoms. The zero-order valence-corrected chi connectivity index (χ0v) is 13.4. The third-order valence-electron chi connectivity index (χ3n) is 5.54. The molecule has 1 aliphatic rings. The van der Waals surface area contributed by atoms with E-state index in [-0.39, 0.29) is 0 Å². The van der Waals surface area contributed by atoms with Crippen LogP contribution in [0.4, 0.5) is 0 Å². The first kappa shape index (κ1) is 12.4. The van der Waals surface area contributed by atoms with Gasteiger partial charge in [-0.3, -0.25) is 0 Å². The fraction of sp³-hybridized carbons (Fsp3) is 0.0435. The van der Waals surface area contributed by atoms with Gasteiger partial charge in [0.15, 0.2) is 0 Å². The van der Waals surface area contributed by atoms with Gasteiger partial charge in [0.1, 0.15) is 0 Å². The number of hydrogen-bond donors (Lipinski definition) is 0. The molecule has 0 radical (unpaired) electrons. The van der Waals surface area contributed by atoms with Crippen molar-refractivity contribution in [3.63, 3.8) is 0 Å². The minimum Gasteiger partial charge on any atom is -0.344 e. The highest BCUT2D eigenvalue weighted by Crippen LogP contribution is 2.50. The standard InChI is InChI=1S/C23H15N/c1-24-20-12-5-4-9-17(20)23-18-11-6-10-16-14-7-2-3-8-15(14)19(22(16)18)13-21(23)24/h2-13H,1H3. The molecule has 0 saturated carbocycles. The molecule has 6 rings (SSSR count). The van der Waals surface area contributed by atoms with Crippen molar-refractivity contribution in [3.05, 3.63) is 72.8 Å². The molecule has 0 unspecified atom stereocenters. The lowest BCUT2D eigenvalue weighted by Gasteiger charge is -2.06. The lowest BCUT2D eigenvalue weighted by molar-refractivity contribution is 1.01. The quantitative estimate of drug-likeness (QED) is 0.318. The minimum atomic E-state index is 1.30. The van der Waals surface area contributed by atoms with E-state index >= 15 is 0 Å². The largest absolute Gasteiger partial charge is 0.344 e. The number of para-hydroxylation sites is 1. The van der Waals surface area contributed by atoms with Crippen molar-refractivity contribution < 1.29 is 0 Å². The summed E-state index contributed by atoms with van der Waals surface area (Å²) in [5.74, 6) is 0. The molecule has 1 aliphatic carbocycles. The fourth-order valence-electron chi connectivity index (χ4n) is 4.51. The summed E-state index contributed by atoms with van der Waals surface area (Å²) in [5, 5.41) is 5.49. The summed E-state index contributed by atoms with van der Waals surface area (Å²) in [4.78, 5) is 0. The smallest absolute Gasteiger partial charge is 0.0501 e. The molecule has 1 nitrogen and oxygen atoms in total. The van der Waals surface area contributed by atoms with Crippen LogP contribution >= 0.6 is 0 Å². The van der Waals surface area contributed by atoms with Gasteiger partial charge in [-0.1, -0.05) is 60.7 Å². The van der Waals surface area contributed by atoms with E-state index in [2.05, 4.69) is 84.4 Å². The van der Waals surface area contributed by atoms with Gasteiger partial charge in [0.25, 0.3) is 0 Å². The van der Waals surface area contributed by atoms with Gasteiger partial charge in [0.2, 0.25) is 0 Å². The normalized spacial score (nSPS) is 12.4. The number of benzene rings is 4. The maximum absolute atomic E-state index is 2.38. The van der Waals surface area contributed by atoms with Crippen LogP contribution in [0.2, 0.25) is 0 Å². The van der Waals surface area contributed by atoms with Crippen molar-refractivity contribution in [1.82, 2.24) is 4.57 Å². The third-order valence-corrected chi connectivity index (χ3v) is 5.54. The average Bonchev–Trinajstić information content (AvgIpc) is 3.12. The summed E-state index contributed by atoms with van der Waals surface area (Å²) in [6.45, 7) is 0. The second-order valence-corrected chi connectivity index (χ2v) is 6.67. The van der Waals surface area contributed by atoms with Gasteiger partial charge in [0, 0.05) is 23.3 Å². The zero-order chi connectivity index (χ0) is 15.8. The summed E-state index contributed by atoms with van der Waals surface area (Å²) in [6.07, 6.45) is 0. The molecule has 0 atom stereocenters. The van der Waals surface area contributed by atoms with Gasteiger partial charge >= 0.3 is 0 Å². The molecule has 1 aromatic heterocycles. The van der Waals surface area contributed by atoms with Gasteiger partial charge < -0.3 is 4.57 Å². The monoisotopic (exact) mass is 305 g/mol. The van der Waals surface area contributed by atoms with E-state index in [4.69, 9.17) is 0 Å². The summed E-state index contributed by atoms with van der Waals surface area (Å²) in [6, 6.07) is 26.6. The number of rotatable bonds is 0. The van der Waals surface area contributed by atoms with E-state index in [0.717, 1.165) is 0 Å². The minimum absolute atomic E-state index is 1.30. The molecule has 4 aromatic carbocycles. The Hall–Kier alpha value is -3.06. The Labute approximate surface area is 139 Å². The van der Waals surface area contributed by atoms with Gasteiger partial charge in [-0.25, -0.2) is 0 Å². The van der Waals surface area contributed by atoms with Gasteiger partial charge in [-0.05, 0) is 45.2 Å². The van der Waals surface area contributed by atoms with E-state index in [1.54, 1.807) is 0 Å². The predicted molar refractivity (Wildman–Crippen MR) is 102 cm³/mol. The first-order valence-electron chi connectivity index (χ1n) is 8.37. The number of aromatic nitrogens is 1. The average molecular weight is 305 g/mol. The summed E-state index contributed by atoms with van der Waals surface area (Å²) in [5.41, 5.74) is 8.06. The topological polar surface area (TPSA) is 4.93 Å². The highest BCUT2D eigenvalue weighted by molar-refractivity contribution is 6.28. The Balaban J connectivity index is 1.97. The lowest BCUT2D eigenvalue weighted by Crippen LogP contribution is -1.87. The SMILES string of the molecule is Cn1c2ccccc2c2c3cccc4c3c(cc21)-c1ccccc1-4. The van der Waals surface area contributed by atoms with Crippen LogP contribution in [0.15, 0.2) is 72.8 Å². The summed E-state index contributed by atoms with van der Waals surface area (Å²) >= 11 is 0. The molecule has 0 spiro atoms. The number of nitrogens with zero attached hydrogens (tertiary/aromatic N) is 1. The molecule has 0 amide bonds. The fourth-order valence-corrected chi connectivity index (χ4v) is 4.51. The molecule has 1 heterocycles. The predicted octanol–water partition coefficient (Wildman–Crippen LogP) is 6.13. The molecule has 1 heteroatoms. The van der Waals surface area contributed by atoms with E-state index in [1.165, 1.54) is 54.8 Å². The van der Waals surface area contributed by atoms with E-state index in [1.807, 2.05) is 0 Å². The van der Waals surface area contributed by atoms with Crippen LogP contribution in [0.3, 0.4) is 0 Å². The Morgan fingerprint density at radius 2 is 1.21 bits per heavy atom. The Bertz CT molecular complexity index is 1300. The highest BCUT2D eigenvalue weighted by atomic mass is 14.9. The van der Waals surface area contributed by atoms with Crippen molar-refractivity contribution in [2.75, 3.05) is 0 Å². The Morgan fingerprint density at radius 3 is 2.08 bits per heavy atom. The number of fused-ring (bicyclic) bond motifs is 7. The molecule has 112 valence electrons. The molecular formula is C23H15N. The summed E-state index contributed by atoms with van der Waals surface area (Å²) in [7, 11) is 2.17. The highest BCUT2D eigenvalue weighted by Gasteiger charge is 2.23. The van der Waals surface area contributed by atoms with E-state index in [9.17, 15) is 0 Å². The molecule has 5 aromatic rings. The molecular weight excluding hydrogens is 290 g/mol. The summed E-state index contributed by atoms with van der Waals surface area (Å²) < 4.78 is 2.33. The van der Waals surface area contributed by atoms with Crippen LogP contribution in [-0.4, -0.2) is 4.57 Å². The van der Waals surface area contributed by atoms with Crippen LogP contribution in [0.1, 0.15) is 0 Å². The van der Waals surface area contributed by atoms with Crippen LogP contribution in [-0.2, 0) is 7.05 Å². The first-order valence-corrected chi connectivity index (χ1v) is 8.37. The van der Waals surface area contributed by atoms with Crippen molar-refractivity contribution in [2.45, 2.75) is 0 Å². The third kappa shape index (κ3) is 1.28. The molecule has 0 fully saturated rings. The molecule has 0 N–H and O–H groups in total. The molecule has 24 heavy (non-hydrogen) atoms. The second-order valence-electron chi connectivity index (χ2n) is 6.67.